The van der Waals surface area contributed by atoms with Crippen LogP contribution < -0.4 is 10.8 Å². The molecule has 0 unspecified atom stereocenters. The molecular formula is C22H23BN2O5. The van der Waals surface area contributed by atoms with E-state index in [1.54, 1.807) is 20.3 Å². The van der Waals surface area contributed by atoms with Crippen LogP contribution in [0.5, 0.6) is 0 Å². The van der Waals surface area contributed by atoms with E-state index < -0.39 is 25.0 Å². The third kappa shape index (κ3) is 5.03. The maximum atomic E-state index is 12.7. The Bertz CT molecular complexity index is 1020. The fourth-order valence-electron chi connectivity index (χ4n) is 3.18. The van der Waals surface area contributed by atoms with E-state index in [-0.39, 0.29) is 12.1 Å². The van der Waals surface area contributed by atoms with E-state index in [9.17, 15) is 9.59 Å². The van der Waals surface area contributed by atoms with E-state index in [0.717, 1.165) is 16.4 Å². The molecule has 30 heavy (non-hydrogen) atoms. The van der Waals surface area contributed by atoms with Crippen molar-refractivity contribution < 1.29 is 23.6 Å². The Morgan fingerprint density at radius 3 is 2.33 bits per heavy atom. The van der Waals surface area contributed by atoms with E-state index in [1.165, 1.54) is 7.11 Å². The number of rotatable bonds is 8. The van der Waals surface area contributed by atoms with Gasteiger partial charge in [0, 0.05) is 26.0 Å². The lowest BCUT2D eigenvalue weighted by Crippen LogP contribution is -2.43. The molecule has 3 rings (SSSR count). The first-order chi connectivity index (χ1) is 14.5. The summed E-state index contributed by atoms with van der Waals surface area (Å²) in [6.45, 7) is 0. The zero-order valence-electron chi connectivity index (χ0n) is 17.1. The van der Waals surface area contributed by atoms with Gasteiger partial charge in [0.25, 0.3) is 5.91 Å². The Morgan fingerprint density at radius 1 is 0.967 bits per heavy atom. The molecule has 1 heterocycles. The van der Waals surface area contributed by atoms with Crippen molar-refractivity contribution in [1.29, 1.82) is 0 Å². The summed E-state index contributed by atoms with van der Waals surface area (Å²) in [5, 5.41) is 3.67. The molecule has 154 valence electrons. The van der Waals surface area contributed by atoms with Crippen LogP contribution in [0, 0.1) is 0 Å². The molecule has 7 nitrogen and oxygen atoms in total. The number of esters is 1. The number of aromatic nitrogens is 1. The summed E-state index contributed by atoms with van der Waals surface area (Å²) < 4.78 is 15.3. The highest BCUT2D eigenvalue weighted by molar-refractivity contribution is 6.61. The maximum Gasteiger partial charge on any atom is 0.493 e. The van der Waals surface area contributed by atoms with Crippen molar-refractivity contribution in [3.8, 4) is 0 Å². The molecule has 0 aliphatic carbocycles. The number of hydrogen-bond donors (Lipinski definition) is 1. The van der Waals surface area contributed by atoms with Crippen LogP contribution in [0.15, 0.2) is 60.7 Å². The lowest BCUT2D eigenvalue weighted by atomic mass is 9.78. The largest absolute Gasteiger partial charge is 0.493 e. The van der Waals surface area contributed by atoms with Crippen LogP contribution >= 0.6 is 0 Å². The van der Waals surface area contributed by atoms with E-state index >= 15 is 0 Å². The molecule has 0 bridgehead atoms. The number of ether oxygens (including phenoxy) is 1. The van der Waals surface area contributed by atoms with Gasteiger partial charge in [-0.1, -0.05) is 48.5 Å². The Labute approximate surface area is 175 Å². The molecular weight excluding hydrogens is 383 g/mol. The minimum absolute atomic E-state index is 0.237. The first-order valence-corrected chi connectivity index (χ1v) is 9.44. The van der Waals surface area contributed by atoms with Gasteiger partial charge >= 0.3 is 13.1 Å². The van der Waals surface area contributed by atoms with Gasteiger partial charge < -0.3 is 19.4 Å². The molecule has 0 aliphatic heterocycles. The zero-order valence-corrected chi connectivity index (χ0v) is 17.1. The molecule has 0 aliphatic rings. The highest BCUT2D eigenvalue weighted by Gasteiger charge is 2.24. The second kappa shape index (κ2) is 10.0. The average molecular weight is 406 g/mol. The second-order valence-electron chi connectivity index (χ2n) is 6.69. The van der Waals surface area contributed by atoms with Crippen molar-refractivity contribution in [2.24, 2.45) is 0 Å². The molecule has 0 saturated carbocycles. The predicted octanol–water partition coefficient (Wildman–Crippen LogP) is 1.74. The number of amides is 1. The van der Waals surface area contributed by atoms with Crippen LogP contribution in [0.4, 0.5) is 0 Å². The van der Waals surface area contributed by atoms with Gasteiger partial charge in [-0.3, -0.25) is 4.79 Å². The molecule has 8 heteroatoms. The minimum Gasteiger partial charge on any atom is -0.467 e. The number of carbonyl (C=O) groups is 2. The second-order valence-corrected chi connectivity index (χ2v) is 6.69. The number of fused-ring (bicyclic) bond motifs is 1. The first kappa shape index (κ1) is 21.5. The van der Waals surface area contributed by atoms with Crippen LogP contribution in [0.1, 0.15) is 16.1 Å². The lowest BCUT2D eigenvalue weighted by molar-refractivity contribution is -0.142. The standard InChI is InChI=1S/C22H23BN2O5/c1-28-22(27)20(14-15-8-11-17(12-9-15)23(29-2)30-3)25-21(26)19-13-10-16-6-4-5-7-18(16)24-19/h4-13,20H,14H2,1-3H3,(H,25,26)/t20-/m1/s1. The van der Waals surface area contributed by atoms with Crippen LogP contribution in [-0.4, -0.2) is 51.4 Å². The third-order valence-corrected chi connectivity index (χ3v) is 4.74. The summed E-state index contributed by atoms with van der Waals surface area (Å²) in [4.78, 5) is 29.4. The molecule has 0 spiro atoms. The third-order valence-electron chi connectivity index (χ3n) is 4.74. The van der Waals surface area contributed by atoms with Crippen LogP contribution in [-0.2, 0) is 25.3 Å². The van der Waals surface area contributed by atoms with Gasteiger partial charge in [0.1, 0.15) is 11.7 Å². The van der Waals surface area contributed by atoms with Crippen molar-refractivity contribution in [1.82, 2.24) is 10.3 Å². The first-order valence-electron chi connectivity index (χ1n) is 9.44. The molecule has 2 aromatic carbocycles. The van der Waals surface area contributed by atoms with Crippen LogP contribution in [0.25, 0.3) is 10.9 Å². The number of nitrogens with zero attached hydrogens (tertiary/aromatic N) is 1. The Morgan fingerprint density at radius 2 is 1.67 bits per heavy atom. The molecule has 0 saturated heterocycles. The van der Waals surface area contributed by atoms with E-state index in [1.807, 2.05) is 54.6 Å². The van der Waals surface area contributed by atoms with Crippen LogP contribution in [0.2, 0.25) is 0 Å². The average Bonchev–Trinajstić information content (AvgIpc) is 2.79. The summed E-state index contributed by atoms with van der Waals surface area (Å²) in [6.07, 6.45) is 0.275. The summed E-state index contributed by atoms with van der Waals surface area (Å²) in [5.74, 6) is -0.966. The number of para-hydroxylation sites is 1. The van der Waals surface area contributed by atoms with Gasteiger partial charge in [-0.15, -0.1) is 0 Å². The summed E-state index contributed by atoms with van der Waals surface area (Å²) in [7, 11) is 3.95. The normalized spacial score (nSPS) is 11.7. The molecule has 1 atom stereocenters. The number of nitrogens with one attached hydrogen (secondary N) is 1. The van der Waals surface area contributed by atoms with Crippen molar-refractivity contribution in [3.63, 3.8) is 0 Å². The summed E-state index contributed by atoms with van der Waals surface area (Å²) in [6, 6.07) is 17.6. The number of benzene rings is 2. The van der Waals surface area contributed by atoms with Crippen molar-refractivity contribution in [2.45, 2.75) is 12.5 Å². The Kier molecular flexibility index (Phi) is 7.16. The molecule has 1 N–H and O–H groups in total. The minimum atomic E-state index is -0.845. The molecule has 1 amide bonds. The zero-order chi connectivity index (χ0) is 21.5. The number of carbonyl (C=O) groups excluding carboxylic acids is 2. The molecule has 1 aromatic heterocycles. The van der Waals surface area contributed by atoms with Gasteiger partial charge in [-0.05, 0) is 23.2 Å². The van der Waals surface area contributed by atoms with E-state index in [4.69, 9.17) is 14.0 Å². The van der Waals surface area contributed by atoms with Crippen molar-refractivity contribution in [2.75, 3.05) is 21.3 Å². The SMILES string of the molecule is COB(OC)c1ccc(C[C@@H](NC(=O)c2ccc3ccccc3n2)C(=O)OC)cc1. The van der Waals surface area contributed by atoms with Gasteiger partial charge in [0.2, 0.25) is 0 Å². The smallest absolute Gasteiger partial charge is 0.467 e. The maximum absolute atomic E-state index is 12.7. The van der Waals surface area contributed by atoms with E-state index in [2.05, 4.69) is 10.3 Å². The fraction of sp³-hybridized carbons (Fsp3) is 0.227. The van der Waals surface area contributed by atoms with E-state index in [0.29, 0.717) is 5.52 Å². The number of pyridine rings is 1. The van der Waals surface area contributed by atoms with Gasteiger partial charge in [0.15, 0.2) is 0 Å². The summed E-state index contributed by atoms with van der Waals surface area (Å²) in [5.41, 5.74) is 2.65. The Hall–Kier alpha value is -3.23. The van der Waals surface area contributed by atoms with Crippen molar-refractivity contribution >= 4 is 35.4 Å². The Balaban J connectivity index is 1.75. The van der Waals surface area contributed by atoms with Crippen molar-refractivity contribution in [3.05, 3.63) is 71.9 Å². The molecule has 0 radical (unpaired) electrons. The van der Waals surface area contributed by atoms with Gasteiger partial charge in [0.05, 0.1) is 12.6 Å². The number of methoxy groups -OCH3 is 1. The monoisotopic (exact) mass is 406 g/mol. The van der Waals surface area contributed by atoms with Gasteiger partial charge in [-0.25, -0.2) is 9.78 Å². The number of hydrogen-bond acceptors (Lipinski definition) is 6. The van der Waals surface area contributed by atoms with Gasteiger partial charge in [-0.2, -0.15) is 0 Å². The predicted molar refractivity (Wildman–Crippen MR) is 115 cm³/mol. The highest BCUT2D eigenvalue weighted by atomic mass is 16.6. The highest BCUT2D eigenvalue weighted by Crippen LogP contribution is 2.12. The fourth-order valence-corrected chi connectivity index (χ4v) is 3.18. The topological polar surface area (TPSA) is 86.8 Å². The molecule has 3 aromatic rings. The summed E-state index contributed by atoms with van der Waals surface area (Å²) >= 11 is 0. The quantitative estimate of drug-likeness (QED) is 0.453. The molecule has 0 fully saturated rings. The van der Waals surface area contributed by atoms with Crippen LogP contribution in [0.3, 0.4) is 0 Å². The lowest BCUT2D eigenvalue weighted by Gasteiger charge is -2.17.